The largest absolute Gasteiger partial charge is 0.396 e. The van der Waals surface area contributed by atoms with E-state index < -0.39 is 5.82 Å². The Morgan fingerprint density at radius 3 is 2.79 bits per heavy atom. The second-order valence-corrected chi connectivity index (χ2v) is 2.81. The lowest BCUT2D eigenvalue weighted by molar-refractivity contribution is -0.113. The first-order valence-corrected chi connectivity index (χ1v) is 4.01. The molecule has 0 radical (unpaired) electrons. The molecule has 1 aromatic rings. The van der Waals surface area contributed by atoms with Gasteiger partial charge in [0.1, 0.15) is 5.82 Å². The lowest BCUT2D eigenvalue weighted by Crippen LogP contribution is -2.23. The van der Waals surface area contributed by atoms with E-state index in [0.717, 1.165) is 0 Å². The van der Waals surface area contributed by atoms with Crippen LogP contribution in [0, 0.1) is 5.82 Å². The zero-order valence-corrected chi connectivity index (χ0v) is 7.83. The molecule has 0 bridgehead atoms. The van der Waals surface area contributed by atoms with Crippen molar-refractivity contribution in [2.45, 2.75) is 0 Å². The molecule has 0 spiro atoms. The van der Waals surface area contributed by atoms with Gasteiger partial charge in [0.25, 0.3) is 0 Å². The molecule has 1 rings (SSSR count). The van der Waals surface area contributed by atoms with Crippen molar-refractivity contribution < 1.29 is 9.18 Å². The van der Waals surface area contributed by atoms with Crippen LogP contribution in [0.15, 0.2) is 30.9 Å². The van der Waals surface area contributed by atoms with E-state index in [1.54, 1.807) is 7.05 Å². The van der Waals surface area contributed by atoms with Crippen LogP contribution in [0.3, 0.4) is 0 Å². The standard InChI is InChI=1S/C10H11FN2O/c1-3-10(14)13(2)7-4-5-8(11)9(12)6-7/h3-6H,1,12H2,2H3. The summed E-state index contributed by atoms with van der Waals surface area (Å²) in [6.07, 6.45) is 1.18. The Labute approximate surface area is 81.6 Å². The summed E-state index contributed by atoms with van der Waals surface area (Å²) in [4.78, 5) is 12.5. The molecule has 3 nitrogen and oxygen atoms in total. The summed E-state index contributed by atoms with van der Waals surface area (Å²) < 4.78 is 12.8. The second-order valence-electron chi connectivity index (χ2n) is 2.81. The minimum Gasteiger partial charge on any atom is -0.396 e. The molecule has 0 saturated carbocycles. The maximum Gasteiger partial charge on any atom is 0.250 e. The number of nitrogens with zero attached hydrogens (tertiary/aromatic N) is 1. The van der Waals surface area contributed by atoms with E-state index >= 15 is 0 Å². The van der Waals surface area contributed by atoms with Crippen LogP contribution in [0.4, 0.5) is 15.8 Å². The van der Waals surface area contributed by atoms with Gasteiger partial charge in [-0.25, -0.2) is 4.39 Å². The number of halogens is 1. The average Bonchev–Trinajstić information content (AvgIpc) is 2.20. The van der Waals surface area contributed by atoms with Crippen molar-refractivity contribution in [2.75, 3.05) is 17.7 Å². The van der Waals surface area contributed by atoms with Crippen LogP contribution in [0.25, 0.3) is 0 Å². The summed E-state index contributed by atoms with van der Waals surface area (Å²) in [5.41, 5.74) is 5.92. The third-order valence-corrected chi connectivity index (χ3v) is 1.87. The third kappa shape index (κ3) is 1.90. The van der Waals surface area contributed by atoms with Crippen LogP contribution < -0.4 is 10.6 Å². The Morgan fingerprint density at radius 2 is 2.29 bits per heavy atom. The lowest BCUT2D eigenvalue weighted by Gasteiger charge is -2.15. The van der Waals surface area contributed by atoms with E-state index in [-0.39, 0.29) is 11.6 Å². The first-order chi connectivity index (χ1) is 6.56. The molecular weight excluding hydrogens is 183 g/mol. The number of carbonyl (C=O) groups excluding carboxylic acids is 1. The highest BCUT2D eigenvalue weighted by molar-refractivity contribution is 6.00. The van der Waals surface area contributed by atoms with Gasteiger partial charge in [-0.2, -0.15) is 0 Å². The average molecular weight is 194 g/mol. The number of nitrogen functional groups attached to an aromatic ring is 1. The van der Waals surface area contributed by atoms with Gasteiger partial charge in [-0.05, 0) is 24.3 Å². The number of carbonyl (C=O) groups is 1. The van der Waals surface area contributed by atoms with E-state index in [2.05, 4.69) is 6.58 Å². The number of hydrogen-bond donors (Lipinski definition) is 1. The van der Waals surface area contributed by atoms with Gasteiger partial charge < -0.3 is 10.6 Å². The van der Waals surface area contributed by atoms with Crippen LogP contribution in [-0.2, 0) is 4.79 Å². The summed E-state index contributed by atoms with van der Waals surface area (Å²) >= 11 is 0. The Balaban J connectivity index is 3.02. The summed E-state index contributed by atoms with van der Waals surface area (Å²) in [5.74, 6) is -0.760. The topological polar surface area (TPSA) is 46.3 Å². The number of amides is 1. The zero-order valence-electron chi connectivity index (χ0n) is 7.83. The van der Waals surface area contributed by atoms with Crippen LogP contribution in [0.1, 0.15) is 0 Å². The summed E-state index contributed by atoms with van der Waals surface area (Å²) in [5, 5.41) is 0. The molecule has 1 amide bonds. The molecule has 0 saturated heterocycles. The minimum absolute atomic E-state index is 0.0196. The highest BCUT2D eigenvalue weighted by Crippen LogP contribution is 2.19. The number of rotatable bonds is 2. The van der Waals surface area contributed by atoms with Crippen molar-refractivity contribution in [1.29, 1.82) is 0 Å². The van der Waals surface area contributed by atoms with Crippen LogP contribution in [0.2, 0.25) is 0 Å². The fourth-order valence-corrected chi connectivity index (χ4v) is 1.00. The van der Waals surface area contributed by atoms with Crippen molar-refractivity contribution in [2.24, 2.45) is 0 Å². The number of benzene rings is 1. The van der Waals surface area contributed by atoms with Gasteiger partial charge >= 0.3 is 0 Å². The molecule has 0 fully saturated rings. The molecule has 4 heteroatoms. The van der Waals surface area contributed by atoms with Crippen molar-refractivity contribution >= 4 is 17.3 Å². The number of hydrogen-bond acceptors (Lipinski definition) is 2. The summed E-state index contributed by atoms with van der Waals surface area (Å²) in [6.45, 7) is 3.35. The first kappa shape index (κ1) is 10.2. The van der Waals surface area contributed by atoms with Crippen molar-refractivity contribution in [3.05, 3.63) is 36.7 Å². The van der Waals surface area contributed by atoms with E-state index in [4.69, 9.17) is 5.73 Å². The molecule has 0 aliphatic carbocycles. The van der Waals surface area contributed by atoms with Crippen LogP contribution in [0.5, 0.6) is 0 Å². The van der Waals surface area contributed by atoms with Gasteiger partial charge in [-0.3, -0.25) is 4.79 Å². The second kappa shape index (κ2) is 3.91. The molecule has 0 unspecified atom stereocenters. The van der Waals surface area contributed by atoms with E-state index in [1.165, 1.54) is 29.2 Å². The van der Waals surface area contributed by atoms with E-state index in [9.17, 15) is 9.18 Å². The fraction of sp³-hybridized carbons (Fsp3) is 0.100. The minimum atomic E-state index is -0.492. The normalized spacial score (nSPS) is 9.57. The maximum absolute atomic E-state index is 12.8. The van der Waals surface area contributed by atoms with Crippen LogP contribution in [-0.4, -0.2) is 13.0 Å². The van der Waals surface area contributed by atoms with Crippen molar-refractivity contribution in [3.8, 4) is 0 Å². The molecule has 0 heterocycles. The monoisotopic (exact) mass is 194 g/mol. The molecule has 0 aromatic heterocycles. The molecule has 0 aliphatic heterocycles. The van der Waals surface area contributed by atoms with Gasteiger partial charge in [-0.1, -0.05) is 6.58 Å². The zero-order chi connectivity index (χ0) is 10.7. The Kier molecular flexibility index (Phi) is 2.86. The molecule has 0 atom stereocenters. The van der Waals surface area contributed by atoms with Gasteiger partial charge in [-0.15, -0.1) is 0 Å². The van der Waals surface area contributed by atoms with Crippen molar-refractivity contribution in [1.82, 2.24) is 0 Å². The maximum atomic E-state index is 12.8. The predicted octanol–water partition coefficient (Wildman–Crippen LogP) is 1.56. The highest BCUT2D eigenvalue weighted by atomic mass is 19.1. The van der Waals surface area contributed by atoms with Crippen molar-refractivity contribution in [3.63, 3.8) is 0 Å². The van der Waals surface area contributed by atoms with Gasteiger partial charge in [0.05, 0.1) is 5.69 Å². The smallest absolute Gasteiger partial charge is 0.250 e. The number of nitrogens with two attached hydrogens (primary N) is 1. The van der Waals surface area contributed by atoms with Crippen LogP contribution >= 0.6 is 0 Å². The van der Waals surface area contributed by atoms with Gasteiger partial charge in [0.2, 0.25) is 5.91 Å². The Bertz CT molecular complexity index is 376. The fourth-order valence-electron chi connectivity index (χ4n) is 1.00. The predicted molar refractivity (Wildman–Crippen MR) is 54.4 cm³/mol. The molecule has 74 valence electrons. The lowest BCUT2D eigenvalue weighted by atomic mass is 10.2. The quantitative estimate of drug-likeness (QED) is 0.573. The number of anilines is 2. The van der Waals surface area contributed by atoms with Gasteiger partial charge in [0.15, 0.2) is 0 Å². The van der Waals surface area contributed by atoms with E-state index in [0.29, 0.717) is 5.69 Å². The Hall–Kier alpha value is -1.84. The summed E-state index contributed by atoms with van der Waals surface area (Å²) in [7, 11) is 1.57. The van der Waals surface area contributed by atoms with Gasteiger partial charge in [0, 0.05) is 12.7 Å². The van der Waals surface area contributed by atoms with E-state index in [1.807, 2.05) is 0 Å². The highest BCUT2D eigenvalue weighted by Gasteiger charge is 2.08. The summed E-state index contributed by atoms with van der Waals surface area (Å²) in [6, 6.07) is 4.10. The molecule has 0 aliphatic rings. The molecule has 14 heavy (non-hydrogen) atoms. The molecule has 1 aromatic carbocycles. The number of likely N-dealkylation sites (N-methyl/N-ethyl adjacent to an activating group) is 1. The SMILES string of the molecule is C=CC(=O)N(C)c1ccc(F)c(N)c1. The third-order valence-electron chi connectivity index (χ3n) is 1.87. The Morgan fingerprint density at radius 1 is 1.64 bits per heavy atom. The molecular formula is C10H11FN2O. The molecule has 2 N–H and O–H groups in total. The first-order valence-electron chi connectivity index (χ1n) is 4.01.